The Hall–Kier alpha value is -1.93. The molecule has 3 N–H and O–H groups in total. The number of carbonyl (C=O) groups excluding carboxylic acids is 2. The number of nitrogens with two attached hydrogens (primary N) is 1. The van der Waals surface area contributed by atoms with Crippen LogP contribution >= 0.6 is 12.4 Å². The average Bonchev–Trinajstić information content (AvgIpc) is 2.61. The van der Waals surface area contributed by atoms with Crippen molar-refractivity contribution < 1.29 is 23.1 Å². The second-order valence-electron chi connectivity index (χ2n) is 6.49. The zero-order chi connectivity index (χ0) is 19.3. The van der Waals surface area contributed by atoms with Gasteiger partial charge in [-0.3, -0.25) is 9.59 Å². The third kappa shape index (κ3) is 6.04. The molecule has 1 aliphatic rings. The highest BCUT2D eigenvalue weighted by atomic mass is 35.5. The van der Waals surface area contributed by atoms with Gasteiger partial charge >= 0.3 is 6.61 Å². The lowest BCUT2D eigenvalue weighted by atomic mass is 9.96. The normalized spacial score (nSPS) is 16.7. The summed E-state index contributed by atoms with van der Waals surface area (Å²) in [4.78, 5) is 26.6. The smallest absolute Gasteiger partial charge is 0.387 e. The number of aryl methyl sites for hydroxylation is 2. The maximum Gasteiger partial charge on any atom is 0.387 e. The number of alkyl halides is 2. The zero-order valence-corrected chi connectivity index (χ0v) is 16.3. The maximum absolute atomic E-state index is 12.8. The molecule has 2 amide bonds. The molecule has 9 heteroatoms. The van der Waals surface area contributed by atoms with Crippen molar-refractivity contribution in [3.05, 3.63) is 28.8 Å². The van der Waals surface area contributed by atoms with Crippen LogP contribution in [0.3, 0.4) is 0 Å². The van der Waals surface area contributed by atoms with E-state index in [0.717, 1.165) is 12.8 Å². The molecule has 1 heterocycles. The van der Waals surface area contributed by atoms with Gasteiger partial charge in [-0.1, -0.05) is 0 Å². The molecule has 6 nitrogen and oxygen atoms in total. The molecule has 0 spiro atoms. The summed E-state index contributed by atoms with van der Waals surface area (Å²) in [6.07, 6.45) is 1.45. The first-order valence-electron chi connectivity index (χ1n) is 8.66. The lowest BCUT2D eigenvalue weighted by molar-refractivity contribution is -0.126. The van der Waals surface area contributed by atoms with Crippen molar-refractivity contribution in [2.75, 3.05) is 26.2 Å². The van der Waals surface area contributed by atoms with E-state index in [9.17, 15) is 18.4 Å². The lowest BCUT2D eigenvalue weighted by Crippen LogP contribution is -2.46. The molecule has 1 aromatic carbocycles. The molecule has 0 aliphatic carbocycles. The molecule has 1 unspecified atom stereocenters. The van der Waals surface area contributed by atoms with E-state index in [1.165, 1.54) is 0 Å². The van der Waals surface area contributed by atoms with E-state index in [2.05, 4.69) is 10.1 Å². The summed E-state index contributed by atoms with van der Waals surface area (Å²) < 4.78 is 29.5. The highest BCUT2D eigenvalue weighted by Gasteiger charge is 2.29. The highest BCUT2D eigenvalue weighted by molar-refractivity contribution is 5.95. The molecule has 1 fully saturated rings. The Bertz CT molecular complexity index is 650. The molecule has 1 atom stereocenters. The van der Waals surface area contributed by atoms with Crippen molar-refractivity contribution in [1.82, 2.24) is 10.2 Å². The monoisotopic (exact) mass is 405 g/mol. The summed E-state index contributed by atoms with van der Waals surface area (Å²) in [6, 6.07) is 3.09. The average molecular weight is 406 g/mol. The summed E-state index contributed by atoms with van der Waals surface area (Å²) in [7, 11) is 0. The topological polar surface area (TPSA) is 84.7 Å². The van der Waals surface area contributed by atoms with Gasteiger partial charge in [0.05, 0.1) is 5.92 Å². The first kappa shape index (κ1) is 23.1. The number of nitrogens with zero attached hydrogens (tertiary/aromatic N) is 1. The molecule has 1 saturated heterocycles. The first-order valence-corrected chi connectivity index (χ1v) is 8.66. The standard InChI is InChI=1S/C18H25F2N3O3.ClH/c1-11-8-14(9-12(2)15(11)26-18(19)20)17(25)23-7-3-4-13(10-23)16(24)22-6-5-21;/h8-9,13,18H,3-7,10,21H2,1-2H3,(H,22,24);1H. The minimum absolute atomic E-state index is 0. The molecule has 27 heavy (non-hydrogen) atoms. The van der Waals surface area contributed by atoms with Crippen LogP contribution in [0.5, 0.6) is 5.75 Å². The van der Waals surface area contributed by atoms with Crippen LogP contribution in [-0.2, 0) is 4.79 Å². The van der Waals surface area contributed by atoms with Crippen molar-refractivity contribution in [1.29, 1.82) is 0 Å². The summed E-state index contributed by atoms with van der Waals surface area (Å²) in [5.41, 5.74) is 6.75. The molecule has 0 radical (unpaired) electrons. The molecule has 1 aromatic rings. The number of hydrogen-bond acceptors (Lipinski definition) is 4. The molecular formula is C18H26ClF2N3O3. The van der Waals surface area contributed by atoms with Crippen molar-refractivity contribution in [3.63, 3.8) is 0 Å². The Morgan fingerprint density at radius 1 is 1.33 bits per heavy atom. The van der Waals surface area contributed by atoms with Crippen LogP contribution in [0.25, 0.3) is 0 Å². The number of benzene rings is 1. The zero-order valence-electron chi connectivity index (χ0n) is 15.5. The van der Waals surface area contributed by atoms with Crippen LogP contribution in [0.15, 0.2) is 12.1 Å². The van der Waals surface area contributed by atoms with E-state index >= 15 is 0 Å². The van der Waals surface area contributed by atoms with Gasteiger partial charge in [0.2, 0.25) is 5.91 Å². The number of nitrogens with one attached hydrogen (secondary N) is 1. The summed E-state index contributed by atoms with van der Waals surface area (Å²) >= 11 is 0. The third-order valence-corrected chi connectivity index (χ3v) is 4.44. The summed E-state index contributed by atoms with van der Waals surface area (Å²) in [6.45, 7) is 2.01. The third-order valence-electron chi connectivity index (χ3n) is 4.44. The highest BCUT2D eigenvalue weighted by Crippen LogP contribution is 2.28. The van der Waals surface area contributed by atoms with E-state index in [0.29, 0.717) is 42.9 Å². The van der Waals surface area contributed by atoms with Gasteiger partial charge in [0.1, 0.15) is 5.75 Å². The van der Waals surface area contributed by atoms with Crippen LogP contribution in [0.2, 0.25) is 0 Å². The maximum atomic E-state index is 12.8. The quantitative estimate of drug-likeness (QED) is 0.760. The molecule has 0 saturated carbocycles. The van der Waals surface area contributed by atoms with E-state index in [4.69, 9.17) is 5.73 Å². The van der Waals surface area contributed by atoms with Gasteiger partial charge in [0, 0.05) is 31.7 Å². The SMILES string of the molecule is Cc1cc(C(=O)N2CCCC(C(=O)NCCN)C2)cc(C)c1OC(F)F.Cl. The summed E-state index contributed by atoms with van der Waals surface area (Å²) in [5.74, 6) is -0.478. The van der Waals surface area contributed by atoms with Crippen LogP contribution in [-0.4, -0.2) is 49.5 Å². The predicted molar refractivity (Wildman–Crippen MR) is 100 cm³/mol. The van der Waals surface area contributed by atoms with Crippen molar-refractivity contribution in [2.45, 2.75) is 33.3 Å². The van der Waals surface area contributed by atoms with Gasteiger partial charge in [-0.2, -0.15) is 8.78 Å². The van der Waals surface area contributed by atoms with E-state index < -0.39 is 6.61 Å². The van der Waals surface area contributed by atoms with E-state index in [1.54, 1.807) is 30.9 Å². The first-order chi connectivity index (χ1) is 12.3. The van der Waals surface area contributed by atoms with Gasteiger partial charge in [0.15, 0.2) is 0 Å². The number of halogens is 3. The van der Waals surface area contributed by atoms with Crippen molar-refractivity contribution in [2.24, 2.45) is 11.7 Å². The minimum atomic E-state index is -2.91. The molecule has 0 aromatic heterocycles. The van der Waals surface area contributed by atoms with Gasteiger partial charge in [-0.15, -0.1) is 12.4 Å². The van der Waals surface area contributed by atoms with E-state index in [-0.39, 0.29) is 35.9 Å². The number of piperidine rings is 1. The lowest BCUT2D eigenvalue weighted by Gasteiger charge is -2.32. The predicted octanol–water partition coefficient (Wildman–Crippen LogP) is 2.25. The van der Waals surface area contributed by atoms with Crippen LogP contribution in [0, 0.1) is 19.8 Å². The van der Waals surface area contributed by atoms with Crippen LogP contribution in [0.1, 0.15) is 34.3 Å². The minimum Gasteiger partial charge on any atom is -0.434 e. The fourth-order valence-electron chi connectivity index (χ4n) is 3.25. The number of ether oxygens (including phenoxy) is 1. The Kier molecular flexibility index (Phi) is 8.92. The van der Waals surface area contributed by atoms with Gasteiger partial charge < -0.3 is 20.7 Å². The molecule has 2 rings (SSSR count). The number of carbonyl (C=O) groups is 2. The van der Waals surface area contributed by atoms with Gasteiger partial charge in [0.25, 0.3) is 5.91 Å². The summed E-state index contributed by atoms with van der Waals surface area (Å²) in [5, 5.41) is 2.76. The van der Waals surface area contributed by atoms with Crippen molar-refractivity contribution >= 4 is 24.2 Å². The van der Waals surface area contributed by atoms with Gasteiger partial charge in [-0.25, -0.2) is 0 Å². The fraction of sp³-hybridized carbons (Fsp3) is 0.556. The number of amides is 2. The Morgan fingerprint density at radius 3 is 2.52 bits per heavy atom. The molecule has 1 aliphatic heterocycles. The second kappa shape index (κ2) is 10.4. The second-order valence-corrected chi connectivity index (χ2v) is 6.49. The van der Waals surface area contributed by atoms with Crippen LogP contribution < -0.4 is 15.8 Å². The van der Waals surface area contributed by atoms with Gasteiger partial charge in [-0.05, 0) is 49.9 Å². The number of likely N-dealkylation sites (tertiary alicyclic amines) is 1. The fourth-order valence-corrected chi connectivity index (χ4v) is 3.25. The van der Waals surface area contributed by atoms with E-state index in [1.807, 2.05) is 0 Å². The Morgan fingerprint density at radius 2 is 1.96 bits per heavy atom. The molecule has 0 bridgehead atoms. The number of rotatable bonds is 6. The largest absolute Gasteiger partial charge is 0.434 e. The Labute approximate surface area is 163 Å². The van der Waals surface area contributed by atoms with Crippen molar-refractivity contribution in [3.8, 4) is 5.75 Å². The molecular weight excluding hydrogens is 380 g/mol. The Balaban J connectivity index is 0.00000364. The number of hydrogen-bond donors (Lipinski definition) is 2. The van der Waals surface area contributed by atoms with Crippen LogP contribution in [0.4, 0.5) is 8.78 Å². The molecule has 152 valence electrons.